The van der Waals surface area contributed by atoms with Crippen LogP contribution < -0.4 is 5.73 Å². The van der Waals surface area contributed by atoms with Crippen LogP contribution in [0.5, 0.6) is 0 Å². The number of anilines is 1. The van der Waals surface area contributed by atoms with Gasteiger partial charge in [0.1, 0.15) is 0 Å². The van der Waals surface area contributed by atoms with Crippen molar-refractivity contribution in [1.82, 2.24) is 9.97 Å². The van der Waals surface area contributed by atoms with E-state index in [0.717, 1.165) is 23.1 Å². The number of halogens is 1. The average molecular weight is 296 g/mol. The third-order valence-electron chi connectivity index (χ3n) is 4.08. The summed E-state index contributed by atoms with van der Waals surface area (Å²) < 4.78 is 0.996. The van der Waals surface area contributed by atoms with Crippen LogP contribution in [0.25, 0.3) is 10.2 Å². The molecule has 0 saturated heterocycles. The van der Waals surface area contributed by atoms with Crippen molar-refractivity contribution in [2.24, 2.45) is 11.3 Å². The summed E-state index contributed by atoms with van der Waals surface area (Å²) in [5.41, 5.74) is 8.39. The SMILES string of the molecule is CC(C)(C)C1CCc2sc3c(Cl)nc(N)nc3c2C1. The number of aryl methyl sites for hydroxylation is 1. The Bertz CT molecular complexity index is 642. The molecule has 0 spiro atoms. The Balaban J connectivity index is 2.13. The Labute approximate surface area is 122 Å². The van der Waals surface area contributed by atoms with Crippen LogP contribution in [0.4, 0.5) is 5.95 Å². The topological polar surface area (TPSA) is 51.8 Å². The number of nitrogens with zero attached hydrogens (tertiary/aromatic N) is 2. The highest BCUT2D eigenvalue weighted by Crippen LogP contribution is 2.44. The predicted octanol–water partition coefficient (Wildman–Crippen LogP) is 4.08. The molecule has 2 aromatic heterocycles. The normalized spacial score (nSPS) is 19.7. The van der Waals surface area contributed by atoms with Crippen molar-refractivity contribution in [3.05, 3.63) is 15.6 Å². The van der Waals surface area contributed by atoms with E-state index in [2.05, 4.69) is 30.7 Å². The van der Waals surface area contributed by atoms with E-state index in [9.17, 15) is 0 Å². The predicted molar refractivity (Wildman–Crippen MR) is 81.8 cm³/mol. The fraction of sp³-hybridized carbons (Fsp3) is 0.571. The molecule has 0 fully saturated rings. The summed E-state index contributed by atoms with van der Waals surface area (Å²) in [5.74, 6) is 0.962. The van der Waals surface area contributed by atoms with Gasteiger partial charge in [-0.15, -0.1) is 11.3 Å². The molecule has 2 aromatic rings. The fourth-order valence-corrected chi connectivity index (χ4v) is 4.31. The highest BCUT2D eigenvalue weighted by atomic mass is 35.5. The van der Waals surface area contributed by atoms with Gasteiger partial charge in [-0.1, -0.05) is 32.4 Å². The Kier molecular flexibility index (Phi) is 2.98. The first-order valence-electron chi connectivity index (χ1n) is 6.59. The summed E-state index contributed by atoms with van der Waals surface area (Å²) in [4.78, 5) is 9.89. The van der Waals surface area contributed by atoms with Crippen LogP contribution in [0.15, 0.2) is 0 Å². The van der Waals surface area contributed by atoms with E-state index in [-0.39, 0.29) is 5.95 Å². The van der Waals surface area contributed by atoms with Gasteiger partial charge >= 0.3 is 0 Å². The van der Waals surface area contributed by atoms with Gasteiger partial charge in [-0.05, 0) is 36.2 Å². The maximum absolute atomic E-state index is 6.19. The molecule has 3 nitrogen and oxygen atoms in total. The molecule has 1 unspecified atom stereocenters. The van der Waals surface area contributed by atoms with Gasteiger partial charge in [0.05, 0.1) is 10.2 Å². The number of thiophene rings is 1. The molecule has 1 atom stereocenters. The average Bonchev–Trinajstić information content (AvgIpc) is 2.66. The number of hydrogen-bond donors (Lipinski definition) is 1. The lowest BCUT2D eigenvalue weighted by molar-refractivity contribution is 0.217. The summed E-state index contributed by atoms with van der Waals surface area (Å²) in [6.07, 6.45) is 3.43. The van der Waals surface area contributed by atoms with Gasteiger partial charge in [0, 0.05) is 4.88 Å². The van der Waals surface area contributed by atoms with Gasteiger partial charge in [-0.3, -0.25) is 0 Å². The molecule has 0 radical (unpaired) electrons. The molecule has 0 aliphatic heterocycles. The number of rotatable bonds is 0. The largest absolute Gasteiger partial charge is 0.368 e. The first-order valence-corrected chi connectivity index (χ1v) is 7.79. The Hall–Kier alpha value is -0.870. The van der Waals surface area contributed by atoms with Gasteiger partial charge in [-0.25, -0.2) is 4.98 Å². The molecular formula is C14H18ClN3S. The number of hydrogen-bond acceptors (Lipinski definition) is 4. The summed E-state index contributed by atoms with van der Waals surface area (Å²) in [7, 11) is 0. The lowest BCUT2D eigenvalue weighted by Gasteiger charge is -2.33. The monoisotopic (exact) mass is 295 g/mol. The molecule has 1 aliphatic rings. The van der Waals surface area contributed by atoms with Gasteiger partial charge in [-0.2, -0.15) is 4.98 Å². The number of fused-ring (bicyclic) bond motifs is 3. The van der Waals surface area contributed by atoms with E-state index in [1.165, 1.54) is 16.9 Å². The second-order valence-corrected chi connectivity index (χ2v) is 7.82. The van der Waals surface area contributed by atoms with Crippen LogP contribution in [0, 0.1) is 11.3 Å². The fourth-order valence-electron chi connectivity index (χ4n) is 2.86. The summed E-state index contributed by atoms with van der Waals surface area (Å²) >= 11 is 7.92. The van der Waals surface area contributed by atoms with Crippen molar-refractivity contribution in [1.29, 1.82) is 0 Å². The first-order chi connectivity index (χ1) is 8.86. The third-order valence-corrected chi connectivity index (χ3v) is 5.76. The van der Waals surface area contributed by atoms with Gasteiger partial charge in [0.25, 0.3) is 0 Å². The van der Waals surface area contributed by atoms with Crippen LogP contribution in [0.2, 0.25) is 5.15 Å². The highest BCUT2D eigenvalue weighted by Gasteiger charge is 2.31. The molecule has 102 valence electrons. The smallest absolute Gasteiger partial charge is 0.222 e. The Morgan fingerprint density at radius 1 is 1.32 bits per heavy atom. The van der Waals surface area contributed by atoms with Crippen LogP contribution in [0.1, 0.15) is 37.6 Å². The summed E-state index contributed by atoms with van der Waals surface area (Å²) in [6.45, 7) is 6.94. The minimum atomic E-state index is 0.274. The number of nitrogen functional groups attached to an aromatic ring is 1. The zero-order valence-electron chi connectivity index (χ0n) is 11.5. The van der Waals surface area contributed by atoms with Crippen LogP contribution in [-0.4, -0.2) is 9.97 Å². The zero-order valence-corrected chi connectivity index (χ0v) is 13.0. The Morgan fingerprint density at radius 2 is 2.05 bits per heavy atom. The molecule has 0 amide bonds. The van der Waals surface area contributed by atoms with Crippen LogP contribution >= 0.6 is 22.9 Å². The van der Waals surface area contributed by atoms with Crippen LogP contribution in [-0.2, 0) is 12.8 Å². The lowest BCUT2D eigenvalue weighted by atomic mass is 9.72. The van der Waals surface area contributed by atoms with E-state index in [1.54, 1.807) is 11.3 Å². The molecule has 0 bridgehead atoms. The second-order valence-electron chi connectivity index (χ2n) is 6.36. The minimum Gasteiger partial charge on any atom is -0.368 e. The van der Waals surface area contributed by atoms with Gasteiger partial charge < -0.3 is 5.73 Å². The van der Waals surface area contributed by atoms with Gasteiger partial charge in [0.15, 0.2) is 5.15 Å². The summed E-state index contributed by atoms with van der Waals surface area (Å²) in [5, 5.41) is 0.495. The lowest BCUT2D eigenvalue weighted by Crippen LogP contribution is -2.26. The molecule has 3 rings (SSSR count). The highest BCUT2D eigenvalue weighted by molar-refractivity contribution is 7.19. The first kappa shape index (κ1) is 13.1. The zero-order chi connectivity index (χ0) is 13.8. The minimum absolute atomic E-state index is 0.274. The maximum atomic E-state index is 6.19. The van der Waals surface area contributed by atoms with Gasteiger partial charge in [0.2, 0.25) is 5.95 Å². The molecule has 19 heavy (non-hydrogen) atoms. The summed E-state index contributed by atoms with van der Waals surface area (Å²) in [6, 6.07) is 0. The quantitative estimate of drug-likeness (QED) is 0.745. The number of aromatic nitrogens is 2. The van der Waals surface area contributed by atoms with Crippen molar-refractivity contribution < 1.29 is 0 Å². The van der Waals surface area contributed by atoms with E-state index in [0.29, 0.717) is 16.5 Å². The molecular weight excluding hydrogens is 278 g/mol. The van der Waals surface area contributed by atoms with Crippen molar-refractivity contribution in [3.63, 3.8) is 0 Å². The van der Waals surface area contributed by atoms with E-state index < -0.39 is 0 Å². The number of nitrogens with two attached hydrogens (primary N) is 1. The molecule has 5 heteroatoms. The van der Waals surface area contributed by atoms with E-state index >= 15 is 0 Å². The molecule has 0 aromatic carbocycles. The van der Waals surface area contributed by atoms with Crippen molar-refractivity contribution in [2.45, 2.75) is 40.0 Å². The maximum Gasteiger partial charge on any atom is 0.222 e. The molecule has 0 saturated carbocycles. The van der Waals surface area contributed by atoms with Crippen molar-refractivity contribution >= 4 is 39.1 Å². The van der Waals surface area contributed by atoms with E-state index in [1.807, 2.05) is 0 Å². The Morgan fingerprint density at radius 3 is 2.74 bits per heavy atom. The molecule has 2 N–H and O–H groups in total. The van der Waals surface area contributed by atoms with E-state index in [4.69, 9.17) is 17.3 Å². The van der Waals surface area contributed by atoms with Crippen LogP contribution in [0.3, 0.4) is 0 Å². The third kappa shape index (κ3) is 2.21. The van der Waals surface area contributed by atoms with Crippen molar-refractivity contribution in [2.75, 3.05) is 5.73 Å². The van der Waals surface area contributed by atoms with Crippen molar-refractivity contribution in [3.8, 4) is 0 Å². The second kappa shape index (κ2) is 4.32. The molecule has 2 heterocycles. The standard InChI is InChI=1S/C14H18ClN3S/c1-14(2,3)7-4-5-9-8(6-7)10-11(19-9)12(15)18-13(16)17-10/h7H,4-6H2,1-3H3,(H2,16,17,18). The molecule has 1 aliphatic carbocycles.